The second-order valence-electron chi connectivity index (χ2n) is 6.57. The molecule has 6 heteroatoms. The number of nitrogens with zero attached hydrogens (tertiary/aromatic N) is 1. The number of unbranched alkanes of at least 4 members (excludes halogenated alkanes) is 2. The first-order chi connectivity index (χ1) is 14.0. The van der Waals surface area contributed by atoms with Gasteiger partial charge in [0.05, 0.1) is 19.4 Å². The molecule has 152 valence electrons. The summed E-state index contributed by atoms with van der Waals surface area (Å²) in [5.74, 6) is 0.662. The molecule has 2 rings (SSSR count). The van der Waals surface area contributed by atoms with Crippen LogP contribution in [0.3, 0.4) is 0 Å². The van der Waals surface area contributed by atoms with E-state index >= 15 is 0 Å². The summed E-state index contributed by atoms with van der Waals surface area (Å²) in [4.78, 5) is 12.7. The Kier molecular flexibility index (Phi) is 8.75. The molecule has 29 heavy (non-hydrogen) atoms. The first kappa shape index (κ1) is 22.5. The predicted octanol–water partition coefficient (Wildman–Crippen LogP) is 5.88. The highest BCUT2D eigenvalue weighted by atomic mass is 79.9. The predicted molar refractivity (Wildman–Crippen MR) is 119 cm³/mol. The quantitative estimate of drug-likeness (QED) is 0.290. The number of carbonyl (C=O) groups is 1. The third-order valence-corrected chi connectivity index (χ3v) is 4.74. The van der Waals surface area contributed by atoms with Crippen molar-refractivity contribution in [3.63, 3.8) is 0 Å². The van der Waals surface area contributed by atoms with Crippen molar-refractivity contribution in [1.82, 2.24) is 0 Å². The first-order valence-corrected chi connectivity index (χ1v) is 10.3. The number of amides is 1. The van der Waals surface area contributed by atoms with E-state index in [0.717, 1.165) is 29.3 Å². The molecule has 0 saturated carbocycles. The lowest BCUT2D eigenvalue weighted by Gasteiger charge is -2.12. The maximum absolute atomic E-state index is 12.7. The van der Waals surface area contributed by atoms with Crippen LogP contribution in [0, 0.1) is 18.3 Å². The van der Waals surface area contributed by atoms with Gasteiger partial charge in [0.1, 0.15) is 23.1 Å². The number of hydrogen-bond donors (Lipinski definition) is 1. The summed E-state index contributed by atoms with van der Waals surface area (Å²) in [7, 11) is 1.53. The van der Waals surface area contributed by atoms with Gasteiger partial charge in [0.25, 0.3) is 5.91 Å². The van der Waals surface area contributed by atoms with Gasteiger partial charge in [0, 0.05) is 10.0 Å². The molecule has 0 aliphatic heterocycles. The van der Waals surface area contributed by atoms with Crippen molar-refractivity contribution >= 4 is 33.6 Å². The average Bonchev–Trinajstić information content (AvgIpc) is 2.70. The smallest absolute Gasteiger partial charge is 0.266 e. The van der Waals surface area contributed by atoms with Gasteiger partial charge in [0.2, 0.25) is 0 Å². The number of carbonyl (C=O) groups excluding carboxylic acids is 1. The summed E-state index contributed by atoms with van der Waals surface area (Å²) >= 11 is 3.43. The van der Waals surface area contributed by atoms with Crippen molar-refractivity contribution < 1.29 is 14.3 Å². The van der Waals surface area contributed by atoms with Gasteiger partial charge in [-0.1, -0.05) is 41.8 Å². The lowest BCUT2D eigenvalue weighted by Crippen LogP contribution is -2.14. The molecule has 1 N–H and O–H groups in total. The number of halogens is 1. The Bertz CT molecular complexity index is 932. The van der Waals surface area contributed by atoms with Crippen LogP contribution < -0.4 is 14.8 Å². The van der Waals surface area contributed by atoms with Gasteiger partial charge in [0.15, 0.2) is 0 Å². The van der Waals surface area contributed by atoms with Gasteiger partial charge in [-0.2, -0.15) is 5.26 Å². The fourth-order valence-corrected chi connectivity index (χ4v) is 3.09. The lowest BCUT2D eigenvalue weighted by molar-refractivity contribution is -0.112. The summed E-state index contributed by atoms with van der Waals surface area (Å²) < 4.78 is 12.0. The van der Waals surface area contributed by atoms with Crippen molar-refractivity contribution in [3.05, 3.63) is 57.6 Å². The van der Waals surface area contributed by atoms with Crippen LogP contribution in [0.1, 0.15) is 37.3 Å². The van der Waals surface area contributed by atoms with Gasteiger partial charge in [-0.3, -0.25) is 4.79 Å². The van der Waals surface area contributed by atoms with Gasteiger partial charge in [-0.25, -0.2) is 0 Å². The topological polar surface area (TPSA) is 71.3 Å². The summed E-state index contributed by atoms with van der Waals surface area (Å²) in [5.41, 5.74) is 2.13. The van der Waals surface area contributed by atoms with Gasteiger partial charge >= 0.3 is 0 Å². The Morgan fingerprint density at radius 2 is 1.97 bits per heavy atom. The molecule has 0 unspecified atom stereocenters. The highest BCUT2D eigenvalue weighted by Crippen LogP contribution is 2.28. The largest absolute Gasteiger partial charge is 0.495 e. The van der Waals surface area contributed by atoms with Crippen LogP contribution in [0.5, 0.6) is 11.5 Å². The zero-order valence-electron chi connectivity index (χ0n) is 16.9. The fourth-order valence-electron chi connectivity index (χ4n) is 2.71. The molecule has 0 fully saturated rings. The minimum atomic E-state index is -0.506. The summed E-state index contributed by atoms with van der Waals surface area (Å²) in [6.07, 6.45) is 4.69. The van der Waals surface area contributed by atoms with Crippen molar-refractivity contribution in [3.8, 4) is 17.6 Å². The molecule has 0 heterocycles. The van der Waals surface area contributed by atoms with Crippen LogP contribution in [0.15, 0.2) is 46.4 Å². The van der Waals surface area contributed by atoms with E-state index < -0.39 is 5.91 Å². The van der Waals surface area contributed by atoms with Crippen LogP contribution >= 0.6 is 15.9 Å². The monoisotopic (exact) mass is 456 g/mol. The third kappa shape index (κ3) is 6.65. The number of hydrogen-bond acceptors (Lipinski definition) is 4. The number of rotatable bonds is 9. The number of ether oxygens (including phenoxy) is 2. The molecule has 0 spiro atoms. The van der Waals surface area contributed by atoms with Crippen molar-refractivity contribution in [2.75, 3.05) is 19.0 Å². The fraction of sp³-hybridized carbons (Fsp3) is 0.304. The SMILES string of the molecule is CCCCCOc1ccc(Br)cc1C=C(C#N)C(=O)Nc1cc(C)ccc1OC. The molecular weight excluding hydrogens is 432 g/mol. The van der Waals surface area contributed by atoms with E-state index in [4.69, 9.17) is 9.47 Å². The standard InChI is InChI=1S/C23H25BrN2O3/c1-4-5-6-11-29-21-10-8-19(24)14-17(21)13-18(15-25)23(27)26-20-12-16(2)7-9-22(20)28-3/h7-10,12-14H,4-6,11H2,1-3H3,(H,26,27). The summed E-state index contributed by atoms with van der Waals surface area (Å²) in [6.45, 7) is 4.64. The molecule has 0 aromatic heterocycles. The first-order valence-electron chi connectivity index (χ1n) is 9.48. The zero-order chi connectivity index (χ0) is 21.2. The zero-order valence-corrected chi connectivity index (χ0v) is 18.5. The molecule has 0 aliphatic rings. The van der Waals surface area contributed by atoms with Crippen molar-refractivity contribution in [2.45, 2.75) is 33.1 Å². The number of anilines is 1. The Morgan fingerprint density at radius 1 is 1.21 bits per heavy atom. The van der Waals surface area contributed by atoms with Crippen LogP contribution in [0.25, 0.3) is 6.08 Å². The summed E-state index contributed by atoms with van der Waals surface area (Å²) in [5, 5.41) is 12.3. The maximum Gasteiger partial charge on any atom is 0.266 e. The number of nitriles is 1. The number of nitrogens with one attached hydrogen (secondary N) is 1. The van der Waals surface area contributed by atoms with Crippen molar-refractivity contribution in [1.29, 1.82) is 5.26 Å². The minimum Gasteiger partial charge on any atom is -0.495 e. The number of benzene rings is 2. The second kappa shape index (κ2) is 11.3. The number of methoxy groups -OCH3 is 1. The van der Waals surface area contributed by atoms with Gasteiger partial charge in [-0.15, -0.1) is 0 Å². The van der Waals surface area contributed by atoms with Crippen LogP contribution in [0.4, 0.5) is 5.69 Å². The lowest BCUT2D eigenvalue weighted by atomic mass is 10.1. The van der Waals surface area contributed by atoms with E-state index in [1.807, 2.05) is 37.3 Å². The Hall–Kier alpha value is -2.78. The molecule has 0 atom stereocenters. The normalized spacial score (nSPS) is 10.9. The Labute approximate surface area is 180 Å². The van der Waals surface area contributed by atoms with E-state index in [1.54, 1.807) is 12.1 Å². The third-order valence-electron chi connectivity index (χ3n) is 4.25. The van der Waals surface area contributed by atoms with E-state index in [-0.39, 0.29) is 5.57 Å². The average molecular weight is 457 g/mol. The van der Waals surface area contributed by atoms with Crippen LogP contribution in [-0.4, -0.2) is 19.6 Å². The van der Waals surface area contributed by atoms with E-state index in [0.29, 0.717) is 29.4 Å². The van der Waals surface area contributed by atoms with Crippen LogP contribution in [-0.2, 0) is 4.79 Å². The van der Waals surface area contributed by atoms with Gasteiger partial charge in [-0.05, 0) is 55.3 Å². The minimum absolute atomic E-state index is 0.0231. The molecule has 5 nitrogen and oxygen atoms in total. The highest BCUT2D eigenvalue weighted by Gasteiger charge is 2.14. The second-order valence-corrected chi connectivity index (χ2v) is 7.48. The van der Waals surface area contributed by atoms with Crippen LogP contribution in [0.2, 0.25) is 0 Å². The summed E-state index contributed by atoms with van der Waals surface area (Å²) in [6, 6.07) is 13.0. The van der Waals surface area contributed by atoms with E-state index in [1.165, 1.54) is 13.2 Å². The molecule has 0 radical (unpaired) electrons. The van der Waals surface area contributed by atoms with E-state index in [2.05, 4.69) is 28.2 Å². The highest BCUT2D eigenvalue weighted by molar-refractivity contribution is 9.10. The molecule has 0 saturated heterocycles. The van der Waals surface area contributed by atoms with Crippen molar-refractivity contribution in [2.24, 2.45) is 0 Å². The molecule has 0 bridgehead atoms. The maximum atomic E-state index is 12.7. The Balaban J connectivity index is 2.27. The molecule has 0 aliphatic carbocycles. The number of aryl methyl sites for hydroxylation is 1. The molecule has 2 aromatic carbocycles. The van der Waals surface area contributed by atoms with E-state index in [9.17, 15) is 10.1 Å². The molecule has 2 aromatic rings. The Morgan fingerprint density at radius 3 is 2.66 bits per heavy atom. The molecular formula is C23H25BrN2O3. The van der Waals surface area contributed by atoms with Gasteiger partial charge < -0.3 is 14.8 Å². The molecule has 1 amide bonds.